The Bertz CT molecular complexity index is 1230. The van der Waals surface area contributed by atoms with Crippen molar-refractivity contribution in [3.63, 3.8) is 0 Å². The highest BCUT2D eigenvalue weighted by molar-refractivity contribution is 14.1. The maximum Gasteiger partial charge on any atom is 0.266 e. The van der Waals surface area contributed by atoms with Gasteiger partial charge in [-0.15, -0.1) is 0 Å². The first-order chi connectivity index (χ1) is 16.4. The predicted octanol–water partition coefficient (Wildman–Crippen LogP) is 7.32. The van der Waals surface area contributed by atoms with Gasteiger partial charge in [0.15, 0.2) is 11.5 Å². The number of hydrogen-bond acceptors (Lipinski definition) is 5. The molecule has 1 heterocycles. The molecule has 0 aromatic heterocycles. The van der Waals surface area contributed by atoms with Crippen LogP contribution in [0, 0.1) is 3.57 Å². The molecule has 1 aliphatic heterocycles. The van der Waals surface area contributed by atoms with E-state index in [1.807, 2.05) is 79.7 Å². The van der Waals surface area contributed by atoms with Crippen molar-refractivity contribution in [2.75, 3.05) is 6.61 Å². The summed E-state index contributed by atoms with van der Waals surface area (Å²) in [7, 11) is 0. The van der Waals surface area contributed by atoms with E-state index in [1.54, 1.807) is 4.90 Å². The SMILES string of the molecule is CCOc1cc(/C=C2\SC(=S)N(Cc3ccccc3)C2=O)cc(I)c1OCc1ccc(Cl)cc1. The van der Waals surface area contributed by atoms with Crippen molar-refractivity contribution < 1.29 is 14.3 Å². The summed E-state index contributed by atoms with van der Waals surface area (Å²) in [6.07, 6.45) is 1.86. The van der Waals surface area contributed by atoms with Crippen LogP contribution in [0.25, 0.3) is 6.08 Å². The molecule has 1 aliphatic rings. The Labute approximate surface area is 227 Å². The molecule has 1 saturated heterocycles. The Kier molecular flexibility index (Phi) is 8.52. The number of carbonyl (C=O) groups excluding carboxylic acids is 1. The van der Waals surface area contributed by atoms with Crippen LogP contribution in [-0.2, 0) is 17.9 Å². The first-order valence-corrected chi connectivity index (χ1v) is 13.3. The van der Waals surface area contributed by atoms with E-state index in [9.17, 15) is 4.79 Å². The number of halogens is 2. The molecule has 1 amide bonds. The molecule has 174 valence electrons. The van der Waals surface area contributed by atoms with Crippen molar-refractivity contribution in [1.29, 1.82) is 0 Å². The fourth-order valence-electron chi connectivity index (χ4n) is 3.36. The summed E-state index contributed by atoms with van der Waals surface area (Å²) in [6.45, 7) is 3.28. The number of hydrogen-bond donors (Lipinski definition) is 0. The minimum Gasteiger partial charge on any atom is -0.490 e. The molecule has 0 bridgehead atoms. The van der Waals surface area contributed by atoms with Crippen molar-refractivity contribution in [2.24, 2.45) is 0 Å². The molecule has 0 radical (unpaired) electrons. The summed E-state index contributed by atoms with van der Waals surface area (Å²) < 4.78 is 13.4. The number of benzene rings is 3. The number of thioether (sulfide) groups is 1. The molecule has 0 aliphatic carbocycles. The number of rotatable bonds is 8. The van der Waals surface area contributed by atoms with Crippen molar-refractivity contribution >= 4 is 74.5 Å². The van der Waals surface area contributed by atoms with E-state index in [2.05, 4.69) is 22.6 Å². The van der Waals surface area contributed by atoms with Crippen molar-refractivity contribution in [3.8, 4) is 11.5 Å². The van der Waals surface area contributed by atoms with Gasteiger partial charge < -0.3 is 9.47 Å². The molecule has 1 fully saturated rings. The predicted molar refractivity (Wildman–Crippen MR) is 151 cm³/mol. The van der Waals surface area contributed by atoms with Crippen LogP contribution in [0.5, 0.6) is 11.5 Å². The van der Waals surface area contributed by atoms with Crippen molar-refractivity contribution in [3.05, 3.63) is 96.9 Å². The van der Waals surface area contributed by atoms with Gasteiger partial charge in [0, 0.05) is 5.02 Å². The lowest BCUT2D eigenvalue weighted by Gasteiger charge is -2.15. The van der Waals surface area contributed by atoms with Gasteiger partial charge in [0.25, 0.3) is 5.91 Å². The molecular formula is C26H21ClINO3S2. The Morgan fingerprint density at radius 1 is 1.06 bits per heavy atom. The molecular weight excluding hydrogens is 601 g/mol. The Balaban J connectivity index is 1.55. The molecule has 0 N–H and O–H groups in total. The maximum absolute atomic E-state index is 13.1. The zero-order valence-corrected chi connectivity index (χ0v) is 22.8. The molecule has 0 spiro atoms. The van der Waals surface area contributed by atoms with Crippen LogP contribution in [0.2, 0.25) is 5.02 Å². The van der Waals surface area contributed by atoms with E-state index in [1.165, 1.54) is 11.8 Å². The number of amides is 1. The van der Waals surface area contributed by atoms with Crippen LogP contribution in [-0.4, -0.2) is 21.7 Å². The molecule has 34 heavy (non-hydrogen) atoms. The van der Waals surface area contributed by atoms with Gasteiger partial charge in [0.05, 0.1) is 21.6 Å². The molecule has 0 unspecified atom stereocenters. The van der Waals surface area contributed by atoms with Crippen molar-refractivity contribution in [2.45, 2.75) is 20.1 Å². The molecule has 3 aromatic carbocycles. The highest BCUT2D eigenvalue weighted by atomic mass is 127. The Morgan fingerprint density at radius 2 is 1.79 bits per heavy atom. The van der Waals surface area contributed by atoms with E-state index in [4.69, 9.17) is 33.3 Å². The Morgan fingerprint density at radius 3 is 2.50 bits per heavy atom. The van der Waals surface area contributed by atoms with Gasteiger partial charge in [-0.3, -0.25) is 9.69 Å². The van der Waals surface area contributed by atoms with E-state index in [0.717, 1.165) is 20.3 Å². The summed E-state index contributed by atoms with van der Waals surface area (Å²) in [6, 6.07) is 21.3. The number of thiocarbonyl (C=S) groups is 1. The van der Waals surface area contributed by atoms with E-state index in [-0.39, 0.29) is 5.91 Å². The van der Waals surface area contributed by atoms with Crippen LogP contribution in [0.4, 0.5) is 0 Å². The average Bonchev–Trinajstić information content (AvgIpc) is 3.08. The third kappa shape index (κ3) is 6.13. The summed E-state index contributed by atoms with van der Waals surface area (Å²) in [5.74, 6) is 1.22. The minimum absolute atomic E-state index is 0.0881. The summed E-state index contributed by atoms with van der Waals surface area (Å²) in [4.78, 5) is 15.3. The largest absolute Gasteiger partial charge is 0.490 e. The zero-order valence-electron chi connectivity index (χ0n) is 18.3. The lowest BCUT2D eigenvalue weighted by molar-refractivity contribution is -0.122. The summed E-state index contributed by atoms with van der Waals surface area (Å²) >= 11 is 15.0. The third-order valence-corrected chi connectivity index (χ3v) is 7.41. The normalized spacial score (nSPS) is 14.7. The maximum atomic E-state index is 13.1. The molecule has 4 rings (SSSR count). The monoisotopic (exact) mass is 621 g/mol. The second-order valence-electron chi connectivity index (χ2n) is 7.43. The number of ether oxygens (including phenoxy) is 2. The lowest BCUT2D eigenvalue weighted by atomic mass is 10.1. The quantitative estimate of drug-likeness (QED) is 0.150. The molecule has 8 heteroatoms. The van der Waals surface area contributed by atoms with Crippen LogP contribution in [0.3, 0.4) is 0 Å². The summed E-state index contributed by atoms with van der Waals surface area (Å²) in [5.41, 5.74) is 2.90. The van der Waals surface area contributed by atoms with Gasteiger partial charge in [-0.1, -0.05) is 78.0 Å². The van der Waals surface area contributed by atoms with Gasteiger partial charge in [-0.25, -0.2) is 0 Å². The van der Waals surface area contributed by atoms with Gasteiger partial charge >= 0.3 is 0 Å². The van der Waals surface area contributed by atoms with Crippen LogP contribution < -0.4 is 9.47 Å². The highest BCUT2D eigenvalue weighted by Gasteiger charge is 2.32. The third-order valence-electron chi connectivity index (χ3n) is 4.98. The average molecular weight is 622 g/mol. The van der Waals surface area contributed by atoms with Gasteiger partial charge in [0.1, 0.15) is 10.9 Å². The second kappa shape index (κ2) is 11.6. The van der Waals surface area contributed by atoms with Crippen LogP contribution in [0.15, 0.2) is 71.6 Å². The number of nitrogens with zero attached hydrogens (tertiary/aromatic N) is 1. The summed E-state index contributed by atoms with van der Waals surface area (Å²) in [5, 5.41) is 0.687. The van der Waals surface area contributed by atoms with Gasteiger partial charge in [0.2, 0.25) is 0 Å². The molecule has 3 aromatic rings. The van der Waals surface area contributed by atoms with E-state index in [0.29, 0.717) is 45.5 Å². The smallest absolute Gasteiger partial charge is 0.266 e. The van der Waals surface area contributed by atoms with Gasteiger partial charge in [-0.05, 0) is 76.5 Å². The Hall–Kier alpha value is -2.07. The lowest BCUT2D eigenvalue weighted by Crippen LogP contribution is -2.27. The standard InChI is InChI=1S/C26H21ClINO3S2/c1-2-31-22-13-19(12-21(28)24(22)32-16-18-8-10-20(27)11-9-18)14-23-25(30)29(26(33)34-23)15-17-6-4-3-5-7-17/h3-14H,2,15-16H2,1H3/b23-14-. The highest BCUT2D eigenvalue weighted by Crippen LogP contribution is 2.38. The van der Waals surface area contributed by atoms with Crippen LogP contribution in [0.1, 0.15) is 23.6 Å². The molecule has 4 nitrogen and oxygen atoms in total. The first kappa shape index (κ1) is 25.0. The van der Waals surface area contributed by atoms with Gasteiger partial charge in [-0.2, -0.15) is 0 Å². The first-order valence-electron chi connectivity index (χ1n) is 10.6. The molecule has 0 atom stereocenters. The zero-order chi connectivity index (χ0) is 24.1. The topological polar surface area (TPSA) is 38.8 Å². The van der Waals surface area contributed by atoms with Crippen molar-refractivity contribution in [1.82, 2.24) is 4.90 Å². The molecule has 0 saturated carbocycles. The fourth-order valence-corrected chi connectivity index (χ4v) is 5.53. The van der Waals surface area contributed by atoms with Crippen LogP contribution >= 0.6 is 58.2 Å². The van der Waals surface area contributed by atoms with E-state index >= 15 is 0 Å². The fraction of sp³-hybridized carbons (Fsp3) is 0.154. The number of carbonyl (C=O) groups is 1. The van der Waals surface area contributed by atoms with E-state index < -0.39 is 0 Å². The second-order valence-corrected chi connectivity index (χ2v) is 10.7. The minimum atomic E-state index is -0.0881.